The zero-order chi connectivity index (χ0) is 16.1. The second-order valence-electron chi connectivity index (χ2n) is 4.50. The monoisotopic (exact) mass is 310 g/mol. The van der Waals surface area contributed by atoms with Gasteiger partial charge in [-0.2, -0.15) is 0 Å². The Labute approximate surface area is 124 Å². The van der Waals surface area contributed by atoms with Crippen molar-refractivity contribution in [1.29, 1.82) is 0 Å². The molecule has 0 saturated heterocycles. The van der Waals surface area contributed by atoms with Gasteiger partial charge in [-0.25, -0.2) is 18.0 Å². The molecule has 0 fully saturated rings. The van der Waals surface area contributed by atoms with Crippen LogP contribution in [0.25, 0.3) is 0 Å². The summed E-state index contributed by atoms with van der Waals surface area (Å²) in [4.78, 5) is 11.6. The fourth-order valence-electron chi connectivity index (χ4n) is 1.80. The lowest BCUT2D eigenvalue weighted by Gasteiger charge is -2.13. The first-order valence-corrected chi connectivity index (χ1v) is 6.40. The van der Waals surface area contributed by atoms with Gasteiger partial charge in [-0.05, 0) is 18.2 Å². The first kappa shape index (κ1) is 15.8. The SMILES string of the molecule is O=C(NC[C@@H](O)c1ccccc1F)Nc1cc(F)ccc1F. The summed E-state index contributed by atoms with van der Waals surface area (Å²) in [5.74, 6) is -2.11. The van der Waals surface area contributed by atoms with Crippen LogP contribution in [0.4, 0.5) is 23.7 Å². The van der Waals surface area contributed by atoms with E-state index in [2.05, 4.69) is 10.6 Å². The van der Waals surface area contributed by atoms with Crippen LogP contribution in [-0.2, 0) is 0 Å². The molecular formula is C15H13F3N2O2. The van der Waals surface area contributed by atoms with Gasteiger partial charge in [-0.3, -0.25) is 0 Å². The number of hydrogen-bond acceptors (Lipinski definition) is 2. The Morgan fingerprint density at radius 3 is 2.55 bits per heavy atom. The first-order chi connectivity index (χ1) is 10.5. The average molecular weight is 310 g/mol. The van der Waals surface area contributed by atoms with Crippen molar-refractivity contribution < 1.29 is 23.1 Å². The molecule has 116 valence electrons. The van der Waals surface area contributed by atoms with Crippen LogP contribution in [0, 0.1) is 17.5 Å². The number of halogens is 3. The number of hydrogen-bond donors (Lipinski definition) is 3. The molecule has 4 nitrogen and oxygen atoms in total. The number of urea groups is 1. The summed E-state index contributed by atoms with van der Waals surface area (Å²) in [6.07, 6.45) is -1.26. The fourth-order valence-corrected chi connectivity index (χ4v) is 1.80. The van der Waals surface area contributed by atoms with Gasteiger partial charge < -0.3 is 15.7 Å². The highest BCUT2D eigenvalue weighted by molar-refractivity contribution is 5.89. The molecule has 0 aliphatic heterocycles. The Balaban J connectivity index is 1.93. The van der Waals surface area contributed by atoms with E-state index >= 15 is 0 Å². The molecule has 2 amide bonds. The maximum absolute atomic E-state index is 13.4. The molecule has 2 aromatic carbocycles. The third-order valence-electron chi connectivity index (χ3n) is 2.90. The highest BCUT2D eigenvalue weighted by atomic mass is 19.1. The number of rotatable bonds is 4. The van der Waals surface area contributed by atoms with E-state index in [1.165, 1.54) is 18.2 Å². The van der Waals surface area contributed by atoms with Gasteiger partial charge >= 0.3 is 6.03 Å². The van der Waals surface area contributed by atoms with Crippen molar-refractivity contribution >= 4 is 11.7 Å². The van der Waals surface area contributed by atoms with Crippen molar-refractivity contribution in [3.8, 4) is 0 Å². The van der Waals surface area contributed by atoms with E-state index in [0.717, 1.165) is 18.2 Å². The highest BCUT2D eigenvalue weighted by Gasteiger charge is 2.14. The summed E-state index contributed by atoms with van der Waals surface area (Å²) in [7, 11) is 0. The molecule has 0 bridgehead atoms. The predicted molar refractivity (Wildman–Crippen MR) is 74.7 cm³/mol. The molecule has 3 N–H and O–H groups in total. The molecule has 7 heteroatoms. The number of carbonyl (C=O) groups excluding carboxylic acids is 1. The molecular weight excluding hydrogens is 297 g/mol. The zero-order valence-electron chi connectivity index (χ0n) is 11.3. The van der Waals surface area contributed by atoms with Gasteiger partial charge in [0.2, 0.25) is 0 Å². The summed E-state index contributed by atoms with van der Waals surface area (Å²) in [6, 6.07) is 7.34. The predicted octanol–water partition coefficient (Wildman–Crippen LogP) is 2.96. The zero-order valence-corrected chi connectivity index (χ0v) is 11.3. The van der Waals surface area contributed by atoms with Gasteiger partial charge in [-0.15, -0.1) is 0 Å². The van der Waals surface area contributed by atoms with Crippen LogP contribution in [0.3, 0.4) is 0 Å². The number of nitrogens with one attached hydrogen (secondary N) is 2. The Morgan fingerprint density at radius 1 is 1.09 bits per heavy atom. The molecule has 0 heterocycles. The highest BCUT2D eigenvalue weighted by Crippen LogP contribution is 2.17. The number of amides is 2. The van der Waals surface area contributed by atoms with Crippen molar-refractivity contribution in [2.75, 3.05) is 11.9 Å². The molecule has 1 atom stereocenters. The van der Waals surface area contributed by atoms with Crippen molar-refractivity contribution in [2.45, 2.75) is 6.10 Å². The Hall–Kier alpha value is -2.54. The van der Waals surface area contributed by atoms with Crippen molar-refractivity contribution in [1.82, 2.24) is 5.32 Å². The minimum atomic E-state index is -1.26. The normalized spacial score (nSPS) is 11.8. The van der Waals surface area contributed by atoms with E-state index in [-0.39, 0.29) is 17.8 Å². The molecule has 0 aromatic heterocycles. The average Bonchev–Trinajstić information content (AvgIpc) is 2.49. The van der Waals surface area contributed by atoms with E-state index in [1.54, 1.807) is 6.07 Å². The smallest absolute Gasteiger partial charge is 0.319 e. The van der Waals surface area contributed by atoms with E-state index in [1.807, 2.05) is 0 Å². The molecule has 0 saturated carbocycles. The third kappa shape index (κ3) is 3.98. The third-order valence-corrected chi connectivity index (χ3v) is 2.90. The van der Waals surface area contributed by atoms with Crippen LogP contribution < -0.4 is 10.6 Å². The van der Waals surface area contributed by atoms with E-state index in [9.17, 15) is 23.1 Å². The van der Waals surface area contributed by atoms with E-state index in [4.69, 9.17) is 0 Å². The molecule has 2 aromatic rings. The molecule has 22 heavy (non-hydrogen) atoms. The van der Waals surface area contributed by atoms with E-state index in [0.29, 0.717) is 0 Å². The molecule has 0 spiro atoms. The number of aliphatic hydroxyl groups excluding tert-OH is 1. The maximum Gasteiger partial charge on any atom is 0.319 e. The lowest BCUT2D eigenvalue weighted by Crippen LogP contribution is -2.32. The molecule has 0 unspecified atom stereocenters. The Bertz CT molecular complexity index is 680. The molecule has 0 aliphatic rings. The van der Waals surface area contributed by atoms with E-state index < -0.39 is 29.6 Å². The van der Waals surface area contributed by atoms with Crippen molar-refractivity contribution in [3.63, 3.8) is 0 Å². The van der Waals surface area contributed by atoms with Crippen LogP contribution >= 0.6 is 0 Å². The first-order valence-electron chi connectivity index (χ1n) is 6.40. The quantitative estimate of drug-likeness (QED) is 0.813. The van der Waals surface area contributed by atoms with Crippen molar-refractivity contribution in [3.05, 3.63) is 65.5 Å². The summed E-state index contributed by atoms with van der Waals surface area (Å²) in [6.45, 7) is -0.288. The number of carbonyl (C=O) groups is 1. The van der Waals surface area contributed by atoms with Gasteiger partial charge in [0.1, 0.15) is 17.5 Å². The topological polar surface area (TPSA) is 61.4 Å². The van der Waals surface area contributed by atoms with Crippen LogP contribution in [0.2, 0.25) is 0 Å². The summed E-state index contributed by atoms with van der Waals surface area (Å²) in [5.41, 5.74) is -0.308. The minimum absolute atomic E-state index is 0.0275. The Morgan fingerprint density at radius 2 is 1.82 bits per heavy atom. The lowest BCUT2D eigenvalue weighted by atomic mass is 10.1. The van der Waals surface area contributed by atoms with Gasteiger partial charge in [0.25, 0.3) is 0 Å². The van der Waals surface area contributed by atoms with Gasteiger partial charge in [0.05, 0.1) is 11.8 Å². The standard InChI is InChI=1S/C15H13F3N2O2/c16-9-5-6-12(18)13(7-9)20-15(22)19-8-14(21)10-3-1-2-4-11(10)17/h1-7,14,21H,8H2,(H2,19,20,22)/t14-/m1/s1. The molecule has 2 rings (SSSR count). The largest absolute Gasteiger partial charge is 0.386 e. The summed E-state index contributed by atoms with van der Waals surface area (Å²) < 4.78 is 39.7. The maximum atomic E-state index is 13.4. The molecule has 0 radical (unpaired) electrons. The second kappa shape index (κ2) is 6.95. The second-order valence-corrected chi connectivity index (χ2v) is 4.50. The van der Waals surface area contributed by atoms with Gasteiger partial charge in [0, 0.05) is 18.2 Å². The van der Waals surface area contributed by atoms with Crippen LogP contribution in [0.1, 0.15) is 11.7 Å². The number of aliphatic hydroxyl groups is 1. The van der Waals surface area contributed by atoms with Crippen LogP contribution in [0.15, 0.2) is 42.5 Å². The van der Waals surface area contributed by atoms with Gasteiger partial charge in [0.15, 0.2) is 0 Å². The molecule has 0 aliphatic carbocycles. The minimum Gasteiger partial charge on any atom is -0.386 e. The van der Waals surface area contributed by atoms with Crippen LogP contribution in [-0.4, -0.2) is 17.7 Å². The van der Waals surface area contributed by atoms with Crippen molar-refractivity contribution in [2.24, 2.45) is 0 Å². The fraction of sp³-hybridized carbons (Fsp3) is 0.133. The summed E-state index contributed by atoms with van der Waals surface area (Å²) >= 11 is 0. The van der Waals surface area contributed by atoms with Crippen LogP contribution in [0.5, 0.6) is 0 Å². The summed E-state index contributed by atoms with van der Waals surface area (Å²) in [5, 5.41) is 14.1. The number of anilines is 1. The Kier molecular flexibility index (Phi) is 5.00. The lowest BCUT2D eigenvalue weighted by molar-refractivity contribution is 0.170. The number of benzene rings is 2. The van der Waals surface area contributed by atoms with Gasteiger partial charge in [-0.1, -0.05) is 18.2 Å².